The summed E-state index contributed by atoms with van der Waals surface area (Å²) >= 11 is 0. The topological polar surface area (TPSA) is 71.0 Å². The van der Waals surface area contributed by atoms with Crippen molar-refractivity contribution in [2.75, 3.05) is 39.6 Å². The summed E-state index contributed by atoms with van der Waals surface area (Å²) in [5, 5.41) is 13.4. The molecule has 0 unspecified atom stereocenters. The van der Waals surface area contributed by atoms with Crippen molar-refractivity contribution in [1.29, 1.82) is 0 Å². The van der Waals surface area contributed by atoms with Gasteiger partial charge in [-0.2, -0.15) is 0 Å². The summed E-state index contributed by atoms with van der Waals surface area (Å²) in [5.74, 6) is 0.171. The van der Waals surface area contributed by atoms with E-state index in [1.165, 1.54) is 5.56 Å². The highest BCUT2D eigenvalue weighted by molar-refractivity contribution is 5.80. The summed E-state index contributed by atoms with van der Waals surface area (Å²) in [6.07, 6.45) is 2.92. The number of carbonyl (C=O) groups is 1. The molecule has 28 heavy (non-hydrogen) atoms. The highest BCUT2D eigenvalue weighted by atomic mass is 16.5. The Balaban J connectivity index is 1.39. The largest absolute Gasteiger partial charge is 0.394 e. The standard InChI is InChI=1S/C22H32N2O4/c1-17-12-28-16-22(14-25,24(17)11-18-5-3-2-4-6-18)13-23-20(26)19-9-21(10-19)7-8-27-15-21/h2-6,17,19,25H,7-16H2,1H3,(H,23,26)/t17-,19?,21?,22+/m1/s1. The maximum Gasteiger partial charge on any atom is 0.223 e. The number of aliphatic hydroxyl groups excluding tert-OH is 1. The Bertz CT molecular complexity index is 668. The number of nitrogens with zero attached hydrogens (tertiary/aromatic N) is 1. The van der Waals surface area contributed by atoms with E-state index in [0.29, 0.717) is 19.8 Å². The highest BCUT2D eigenvalue weighted by Gasteiger charge is 2.50. The minimum absolute atomic E-state index is 0.0487. The van der Waals surface area contributed by atoms with Crippen molar-refractivity contribution in [3.63, 3.8) is 0 Å². The monoisotopic (exact) mass is 388 g/mol. The van der Waals surface area contributed by atoms with Crippen LogP contribution in [-0.2, 0) is 20.8 Å². The molecule has 1 saturated carbocycles. The zero-order valence-corrected chi connectivity index (χ0v) is 16.7. The molecular weight excluding hydrogens is 356 g/mol. The smallest absolute Gasteiger partial charge is 0.223 e. The van der Waals surface area contributed by atoms with Crippen LogP contribution in [0.5, 0.6) is 0 Å². The van der Waals surface area contributed by atoms with Gasteiger partial charge in [-0.1, -0.05) is 30.3 Å². The van der Waals surface area contributed by atoms with Gasteiger partial charge in [-0.15, -0.1) is 0 Å². The molecule has 1 aromatic carbocycles. The number of aliphatic hydroxyl groups is 1. The second-order valence-electron chi connectivity index (χ2n) is 8.99. The van der Waals surface area contributed by atoms with Crippen LogP contribution in [0.4, 0.5) is 0 Å². The first-order valence-electron chi connectivity index (χ1n) is 10.4. The van der Waals surface area contributed by atoms with Crippen molar-refractivity contribution < 1.29 is 19.4 Å². The van der Waals surface area contributed by atoms with Crippen LogP contribution in [0.15, 0.2) is 30.3 Å². The number of ether oxygens (including phenoxy) is 2. The molecule has 1 amide bonds. The van der Waals surface area contributed by atoms with Gasteiger partial charge in [0, 0.05) is 31.7 Å². The minimum atomic E-state index is -0.596. The van der Waals surface area contributed by atoms with Crippen LogP contribution in [-0.4, -0.2) is 67.1 Å². The van der Waals surface area contributed by atoms with E-state index in [9.17, 15) is 9.90 Å². The van der Waals surface area contributed by atoms with Crippen molar-refractivity contribution in [3.8, 4) is 0 Å². The first-order chi connectivity index (χ1) is 13.6. The summed E-state index contributed by atoms with van der Waals surface area (Å²) in [7, 11) is 0. The lowest BCUT2D eigenvalue weighted by Crippen LogP contribution is -2.67. The van der Waals surface area contributed by atoms with Crippen molar-refractivity contribution >= 4 is 5.91 Å². The van der Waals surface area contributed by atoms with Gasteiger partial charge >= 0.3 is 0 Å². The Morgan fingerprint density at radius 1 is 1.25 bits per heavy atom. The third-order valence-electron chi connectivity index (χ3n) is 6.87. The van der Waals surface area contributed by atoms with Gasteiger partial charge < -0.3 is 19.9 Å². The van der Waals surface area contributed by atoms with Gasteiger partial charge in [0.25, 0.3) is 0 Å². The first kappa shape index (κ1) is 19.8. The van der Waals surface area contributed by atoms with E-state index >= 15 is 0 Å². The molecule has 4 rings (SSSR count). The molecule has 2 aliphatic heterocycles. The van der Waals surface area contributed by atoms with Crippen LogP contribution in [0.25, 0.3) is 0 Å². The zero-order chi connectivity index (χ0) is 19.6. The predicted octanol–water partition coefficient (Wildman–Crippen LogP) is 1.57. The quantitative estimate of drug-likeness (QED) is 0.774. The normalized spacial score (nSPS) is 35.6. The molecule has 2 N–H and O–H groups in total. The van der Waals surface area contributed by atoms with E-state index in [1.807, 2.05) is 18.2 Å². The molecule has 1 aromatic rings. The van der Waals surface area contributed by atoms with Crippen molar-refractivity contribution in [2.24, 2.45) is 11.3 Å². The lowest BCUT2D eigenvalue weighted by molar-refractivity contribution is -0.140. The molecule has 1 aliphatic carbocycles. The molecule has 0 aromatic heterocycles. The number of morpholine rings is 1. The molecule has 2 heterocycles. The molecule has 3 fully saturated rings. The molecule has 6 heteroatoms. The second-order valence-corrected chi connectivity index (χ2v) is 8.99. The van der Waals surface area contributed by atoms with Crippen molar-refractivity contribution in [3.05, 3.63) is 35.9 Å². The molecule has 154 valence electrons. The van der Waals surface area contributed by atoms with E-state index < -0.39 is 5.54 Å². The van der Waals surface area contributed by atoms with Gasteiger partial charge in [0.05, 0.1) is 32.0 Å². The van der Waals surface area contributed by atoms with Crippen molar-refractivity contribution in [2.45, 2.75) is 44.3 Å². The molecule has 1 spiro atoms. The first-order valence-corrected chi connectivity index (χ1v) is 10.4. The number of hydrogen-bond acceptors (Lipinski definition) is 5. The third-order valence-corrected chi connectivity index (χ3v) is 6.87. The van der Waals surface area contributed by atoms with E-state index in [1.54, 1.807) is 0 Å². The Morgan fingerprint density at radius 3 is 2.71 bits per heavy atom. The summed E-state index contributed by atoms with van der Waals surface area (Å²) < 4.78 is 11.3. The molecule has 6 nitrogen and oxygen atoms in total. The fourth-order valence-electron chi connectivity index (χ4n) is 5.05. The number of carbonyl (C=O) groups excluding carboxylic acids is 1. The average molecular weight is 389 g/mol. The SMILES string of the molecule is C[C@@H]1COC[C@@](CO)(CNC(=O)C2CC3(CCOC3)C2)N1Cc1ccccc1. The van der Waals surface area contributed by atoms with Gasteiger partial charge in [-0.3, -0.25) is 9.69 Å². The van der Waals surface area contributed by atoms with Crippen LogP contribution in [0.2, 0.25) is 0 Å². The van der Waals surface area contributed by atoms with Gasteiger partial charge in [-0.25, -0.2) is 0 Å². The van der Waals surface area contributed by atoms with E-state index in [0.717, 1.165) is 39.0 Å². The van der Waals surface area contributed by atoms with Crippen molar-refractivity contribution in [1.82, 2.24) is 10.2 Å². The van der Waals surface area contributed by atoms with Crippen LogP contribution < -0.4 is 5.32 Å². The van der Waals surface area contributed by atoms with Crippen LogP contribution in [0, 0.1) is 11.3 Å². The summed E-state index contributed by atoms with van der Waals surface area (Å²) in [5.41, 5.74) is 0.849. The number of nitrogens with one attached hydrogen (secondary N) is 1. The maximum absolute atomic E-state index is 12.7. The van der Waals surface area contributed by atoms with E-state index in [-0.39, 0.29) is 29.9 Å². The number of amides is 1. The highest BCUT2D eigenvalue weighted by Crippen LogP contribution is 2.51. The molecular formula is C22H32N2O4. The van der Waals surface area contributed by atoms with Gasteiger partial charge in [0.15, 0.2) is 0 Å². The number of benzene rings is 1. The van der Waals surface area contributed by atoms with Gasteiger partial charge in [0.1, 0.15) is 0 Å². The molecule has 0 bridgehead atoms. The molecule has 3 aliphatic rings. The fraction of sp³-hybridized carbons (Fsp3) is 0.682. The van der Waals surface area contributed by atoms with Crippen LogP contribution in [0.3, 0.4) is 0 Å². The molecule has 0 radical (unpaired) electrons. The van der Waals surface area contributed by atoms with Crippen LogP contribution in [0.1, 0.15) is 31.7 Å². The Labute approximate surface area is 167 Å². The maximum atomic E-state index is 12.7. The summed E-state index contributed by atoms with van der Waals surface area (Å²) in [4.78, 5) is 15.0. The summed E-state index contributed by atoms with van der Waals surface area (Å²) in [6, 6.07) is 10.4. The number of rotatable bonds is 6. The van der Waals surface area contributed by atoms with E-state index in [4.69, 9.17) is 9.47 Å². The lowest BCUT2D eigenvalue weighted by atomic mass is 9.61. The summed E-state index contributed by atoms with van der Waals surface area (Å²) in [6.45, 7) is 5.87. The van der Waals surface area contributed by atoms with Gasteiger partial charge in [0.2, 0.25) is 5.91 Å². The van der Waals surface area contributed by atoms with Crippen LogP contribution >= 0.6 is 0 Å². The lowest BCUT2D eigenvalue weighted by Gasteiger charge is -2.50. The Morgan fingerprint density at radius 2 is 2.04 bits per heavy atom. The minimum Gasteiger partial charge on any atom is -0.394 e. The average Bonchev–Trinajstić information content (AvgIpc) is 3.18. The van der Waals surface area contributed by atoms with E-state index in [2.05, 4.69) is 29.3 Å². The predicted molar refractivity (Wildman–Crippen MR) is 106 cm³/mol. The third kappa shape index (κ3) is 3.83. The fourth-order valence-corrected chi connectivity index (χ4v) is 5.05. The Hall–Kier alpha value is -1.47. The molecule has 2 saturated heterocycles. The Kier molecular flexibility index (Phi) is 5.74. The van der Waals surface area contributed by atoms with Gasteiger partial charge in [-0.05, 0) is 37.2 Å². The second kappa shape index (κ2) is 8.11. The zero-order valence-electron chi connectivity index (χ0n) is 16.7. The molecule has 2 atom stereocenters. The number of hydrogen-bond donors (Lipinski definition) is 2.